The molecule has 6 heteroatoms. The van der Waals surface area contributed by atoms with E-state index in [4.69, 9.17) is 0 Å². The molecule has 1 fully saturated rings. The Balaban J connectivity index is 1.51. The first kappa shape index (κ1) is 17.0. The Labute approximate surface area is 156 Å². The van der Waals surface area contributed by atoms with Gasteiger partial charge < -0.3 is 10.2 Å². The molecule has 5 nitrogen and oxygen atoms in total. The van der Waals surface area contributed by atoms with Crippen molar-refractivity contribution in [3.8, 4) is 0 Å². The van der Waals surface area contributed by atoms with Crippen LogP contribution in [0.4, 0.5) is 5.13 Å². The average molecular weight is 367 g/mol. The highest BCUT2D eigenvalue weighted by atomic mass is 32.1. The number of fused-ring (bicyclic) bond motifs is 1. The van der Waals surface area contributed by atoms with Gasteiger partial charge in [-0.15, -0.1) is 11.3 Å². The highest BCUT2D eigenvalue weighted by Gasteiger charge is 2.44. The molecule has 0 saturated carbocycles. The van der Waals surface area contributed by atoms with Gasteiger partial charge >= 0.3 is 0 Å². The second kappa shape index (κ2) is 7.41. The van der Waals surface area contributed by atoms with Crippen LogP contribution in [0.15, 0.2) is 54.1 Å². The van der Waals surface area contributed by atoms with Gasteiger partial charge in [-0.05, 0) is 24.3 Å². The van der Waals surface area contributed by atoms with Gasteiger partial charge in [0, 0.05) is 24.7 Å². The van der Waals surface area contributed by atoms with Crippen LogP contribution in [0.3, 0.4) is 0 Å². The van der Waals surface area contributed by atoms with E-state index in [0.717, 1.165) is 18.5 Å². The first-order valence-corrected chi connectivity index (χ1v) is 9.80. The molecule has 1 aromatic carbocycles. The van der Waals surface area contributed by atoms with Crippen molar-refractivity contribution in [1.82, 2.24) is 9.88 Å². The number of thiazole rings is 1. The summed E-state index contributed by atoms with van der Waals surface area (Å²) in [5.41, 5.74) is 1.12. The SMILES string of the molecule is O=C(Nc1nccs1)[C@@H]1CC=C[C@@H]2CCN(Cc3ccccc3)C(=O)[C@@H]21. The molecule has 2 aliphatic rings. The van der Waals surface area contributed by atoms with Crippen LogP contribution < -0.4 is 5.32 Å². The fourth-order valence-electron chi connectivity index (χ4n) is 3.94. The summed E-state index contributed by atoms with van der Waals surface area (Å²) in [5, 5.41) is 5.29. The Kier molecular flexibility index (Phi) is 4.84. The molecule has 1 aromatic heterocycles. The van der Waals surface area contributed by atoms with Gasteiger partial charge in [0.15, 0.2) is 5.13 Å². The molecule has 1 aliphatic carbocycles. The number of rotatable bonds is 4. The molecule has 0 bridgehead atoms. The van der Waals surface area contributed by atoms with E-state index in [1.54, 1.807) is 6.20 Å². The van der Waals surface area contributed by atoms with Crippen LogP contribution in [-0.2, 0) is 16.1 Å². The molecule has 2 heterocycles. The number of likely N-dealkylation sites (tertiary alicyclic amines) is 1. The van der Waals surface area contributed by atoms with Gasteiger partial charge in [-0.1, -0.05) is 42.5 Å². The number of hydrogen-bond donors (Lipinski definition) is 1. The third kappa shape index (κ3) is 3.42. The van der Waals surface area contributed by atoms with Crippen LogP contribution in [-0.4, -0.2) is 28.2 Å². The number of piperidine rings is 1. The number of benzene rings is 1. The summed E-state index contributed by atoms with van der Waals surface area (Å²) < 4.78 is 0. The van der Waals surface area contributed by atoms with Crippen molar-refractivity contribution < 1.29 is 9.59 Å². The van der Waals surface area contributed by atoms with Gasteiger partial charge in [-0.2, -0.15) is 0 Å². The van der Waals surface area contributed by atoms with E-state index in [1.807, 2.05) is 46.7 Å². The van der Waals surface area contributed by atoms with Gasteiger partial charge in [0.05, 0.1) is 11.8 Å². The van der Waals surface area contributed by atoms with Crippen molar-refractivity contribution >= 4 is 28.3 Å². The topological polar surface area (TPSA) is 62.3 Å². The molecule has 0 unspecified atom stereocenters. The molecule has 1 N–H and O–H groups in total. The molecule has 1 saturated heterocycles. The van der Waals surface area contributed by atoms with Crippen LogP contribution >= 0.6 is 11.3 Å². The van der Waals surface area contributed by atoms with Crippen molar-refractivity contribution in [3.05, 3.63) is 59.6 Å². The van der Waals surface area contributed by atoms with Crippen LogP contribution in [0.2, 0.25) is 0 Å². The summed E-state index contributed by atoms with van der Waals surface area (Å²) in [6.45, 7) is 1.34. The zero-order valence-corrected chi connectivity index (χ0v) is 15.2. The van der Waals surface area contributed by atoms with Crippen LogP contribution in [0.5, 0.6) is 0 Å². The van der Waals surface area contributed by atoms with E-state index in [9.17, 15) is 9.59 Å². The van der Waals surface area contributed by atoms with Crippen LogP contribution in [0, 0.1) is 17.8 Å². The average Bonchev–Trinajstić information content (AvgIpc) is 3.17. The smallest absolute Gasteiger partial charge is 0.230 e. The summed E-state index contributed by atoms with van der Waals surface area (Å²) in [5.74, 6) is -0.476. The number of nitrogens with one attached hydrogen (secondary N) is 1. The monoisotopic (exact) mass is 367 g/mol. The minimum absolute atomic E-state index is 0.0914. The normalized spacial score (nSPS) is 25.0. The Morgan fingerprint density at radius 3 is 2.92 bits per heavy atom. The van der Waals surface area contributed by atoms with E-state index >= 15 is 0 Å². The number of nitrogens with zero attached hydrogens (tertiary/aromatic N) is 2. The number of amides is 2. The maximum Gasteiger partial charge on any atom is 0.230 e. The summed E-state index contributed by atoms with van der Waals surface area (Å²) in [6, 6.07) is 10.0. The lowest BCUT2D eigenvalue weighted by molar-refractivity contribution is -0.147. The first-order chi connectivity index (χ1) is 12.7. The van der Waals surface area contributed by atoms with Crippen LogP contribution in [0.1, 0.15) is 18.4 Å². The second-order valence-corrected chi connectivity index (χ2v) is 7.72. The standard InChI is InChI=1S/C20H21N3O2S/c24-18(22-20-21-10-12-26-20)16-8-4-7-15-9-11-23(19(25)17(15)16)13-14-5-2-1-3-6-14/h1-7,10,12,15-17H,8-9,11,13H2,(H,21,22,24)/t15-,16-,17+/m1/s1. The molecule has 2 aromatic rings. The predicted octanol–water partition coefficient (Wildman–Crippen LogP) is 3.32. The molecule has 0 radical (unpaired) electrons. The highest BCUT2D eigenvalue weighted by Crippen LogP contribution is 2.38. The van der Waals surface area contributed by atoms with E-state index in [-0.39, 0.29) is 29.6 Å². The highest BCUT2D eigenvalue weighted by molar-refractivity contribution is 7.13. The Morgan fingerprint density at radius 2 is 2.15 bits per heavy atom. The zero-order valence-electron chi connectivity index (χ0n) is 14.4. The number of hydrogen-bond acceptors (Lipinski definition) is 4. The van der Waals surface area contributed by atoms with Crippen molar-refractivity contribution in [1.29, 1.82) is 0 Å². The van der Waals surface area contributed by atoms with Crippen molar-refractivity contribution in [2.75, 3.05) is 11.9 Å². The van der Waals surface area contributed by atoms with Crippen molar-refractivity contribution in [2.24, 2.45) is 17.8 Å². The predicted molar refractivity (Wildman–Crippen MR) is 101 cm³/mol. The van der Waals surface area contributed by atoms with Gasteiger partial charge in [-0.3, -0.25) is 9.59 Å². The quantitative estimate of drug-likeness (QED) is 0.843. The van der Waals surface area contributed by atoms with Gasteiger partial charge in [-0.25, -0.2) is 4.98 Å². The number of carbonyl (C=O) groups excluding carboxylic acids is 2. The molecular formula is C20H21N3O2S. The fourth-order valence-corrected chi connectivity index (χ4v) is 4.47. The third-order valence-corrected chi connectivity index (χ3v) is 5.90. The minimum atomic E-state index is -0.333. The number of carbonyl (C=O) groups is 2. The molecule has 2 amide bonds. The summed E-state index contributed by atoms with van der Waals surface area (Å²) in [7, 11) is 0. The Hall–Kier alpha value is -2.47. The largest absolute Gasteiger partial charge is 0.338 e. The zero-order chi connectivity index (χ0) is 17.9. The minimum Gasteiger partial charge on any atom is -0.338 e. The number of anilines is 1. The Morgan fingerprint density at radius 1 is 1.31 bits per heavy atom. The summed E-state index contributed by atoms with van der Waals surface area (Å²) in [6.07, 6.45) is 7.34. The first-order valence-electron chi connectivity index (χ1n) is 8.92. The molecule has 134 valence electrons. The summed E-state index contributed by atoms with van der Waals surface area (Å²) in [4.78, 5) is 32.0. The molecule has 0 spiro atoms. The molecule has 1 aliphatic heterocycles. The fraction of sp³-hybridized carbons (Fsp3) is 0.350. The summed E-state index contributed by atoms with van der Waals surface area (Å²) >= 11 is 1.39. The number of aromatic nitrogens is 1. The lowest BCUT2D eigenvalue weighted by Crippen LogP contribution is -2.50. The Bertz CT molecular complexity index is 804. The molecular weight excluding hydrogens is 346 g/mol. The van der Waals surface area contributed by atoms with Crippen molar-refractivity contribution in [3.63, 3.8) is 0 Å². The maximum atomic E-state index is 13.2. The lowest BCUT2D eigenvalue weighted by atomic mass is 9.71. The molecule has 26 heavy (non-hydrogen) atoms. The third-order valence-electron chi connectivity index (χ3n) is 5.21. The number of allylic oxidation sites excluding steroid dienone is 2. The maximum absolute atomic E-state index is 13.2. The van der Waals surface area contributed by atoms with Gasteiger partial charge in [0.1, 0.15) is 0 Å². The lowest BCUT2D eigenvalue weighted by Gasteiger charge is -2.41. The molecule has 4 rings (SSSR count). The van der Waals surface area contributed by atoms with E-state index in [1.165, 1.54) is 11.3 Å². The van der Waals surface area contributed by atoms with Crippen molar-refractivity contribution in [2.45, 2.75) is 19.4 Å². The van der Waals surface area contributed by atoms with E-state index < -0.39 is 0 Å². The van der Waals surface area contributed by atoms with Gasteiger partial charge in [0.2, 0.25) is 11.8 Å². The van der Waals surface area contributed by atoms with Crippen LogP contribution in [0.25, 0.3) is 0 Å². The van der Waals surface area contributed by atoms with Gasteiger partial charge in [0.25, 0.3) is 0 Å². The second-order valence-electron chi connectivity index (χ2n) is 6.82. The van der Waals surface area contributed by atoms with E-state index in [2.05, 4.69) is 16.4 Å². The van der Waals surface area contributed by atoms with E-state index in [0.29, 0.717) is 18.1 Å². The molecule has 3 atom stereocenters.